The Morgan fingerprint density at radius 2 is 1.96 bits per heavy atom. The number of aliphatic hydroxyl groups excluding tert-OH is 1. The molecule has 3 rings (SSSR count). The summed E-state index contributed by atoms with van der Waals surface area (Å²) < 4.78 is 22.9. The second-order valence-corrected chi connectivity index (χ2v) is 6.34. The molecule has 0 aliphatic carbocycles. The predicted octanol–water partition coefficient (Wildman–Crippen LogP) is 3.27. The van der Waals surface area contributed by atoms with Gasteiger partial charge in [0.1, 0.15) is 6.61 Å². The third kappa shape index (κ3) is 4.94. The van der Waals surface area contributed by atoms with Gasteiger partial charge in [0.15, 0.2) is 23.0 Å². The van der Waals surface area contributed by atoms with Crippen LogP contribution in [0.1, 0.15) is 11.1 Å². The lowest BCUT2D eigenvalue weighted by atomic mass is 10.2. The lowest BCUT2D eigenvalue weighted by Crippen LogP contribution is -2.17. The van der Waals surface area contributed by atoms with Crippen LogP contribution in [0.25, 0.3) is 0 Å². The summed E-state index contributed by atoms with van der Waals surface area (Å²) in [6.45, 7) is 1.92. The number of nitrogens with one attached hydrogen (secondary N) is 1. The molecule has 1 aliphatic rings. The van der Waals surface area contributed by atoms with Gasteiger partial charge in [-0.1, -0.05) is 6.07 Å². The molecule has 0 spiro atoms. The Morgan fingerprint density at radius 3 is 2.73 bits per heavy atom. The van der Waals surface area contributed by atoms with Crippen molar-refractivity contribution >= 4 is 28.3 Å². The number of ether oxygens (including phenoxy) is 4. The average molecular weight is 447 g/mol. The Balaban J connectivity index is 0.00000243. The number of halogens is 2. The molecule has 0 atom stereocenters. The van der Waals surface area contributed by atoms with Gasteiger partial charge in [0.25, 0.3) is 0 Å². The molecular formula is C18H21BrClNO5. The van der Waals surface area contributed by atoms with Gasteiger partial charge in [-0.05, 0) is 51.3 Å². The molecule has 0 radical (unpaired) electrons. The maximum atomic E-state index is 8.85. The third-order valence-electron chi connectivity index (χ3n) is 3.73. The smallest absolute Gasteiger partial charge is 0.231 e. The molecule has 1 aliphatic heterocycles. The molecule has 2 N–H and O–H groups in total. The topological polar surface area (TPSA) is 69.2 Å². The van der Waals surface area contributed by atoms with E-state index < -0.39 is 0 Å². The first-order chi connectivity index (χ1) is 12.2. The van der Waals surface area contributed by atoms with E-state index in [0.717, 1.165) is 27.1 Å². The van der Waals surface area contributed by atoms with Gasteiger partial charge >= 0.3 is 0 Å². The number of hydrogen-bond acceptors (Lipinski definition) is 6. The lowest BCUT2D eigenvalue weighted by Gasteiger charge is -2.15. The summed E-state index contributed by atoms with van der Waals surface area (Å²) in [5, 5.41) is 12.0. The molecule has 0 saturated heterocycles. The molecule has 2 aromatic rings. The summed E-state index contributed by atoms with van der Waals surface area (Å²) >= 11 is 3.54. The normalized spacial score (nSPS) is 11.8. The van der Waals surface area contributed by atoms with Crippen molar-refractivity contribution < 1.29 is 24.1 Å². The van der Waals surface area contributed by atoms with Crippen molar-refractivity contribution in [1.82, 2.24) is 5.32 Å². The fraction of sp³-hybridized carbons (Fsp3) is 0.333. The van der Waals surface area contributed by atoms with E-state index >= 15 is 0 Å². The van der Waals surface area contributed by atoms with E-state index in [1.807, 2.05) is 30.3 Å². The molecule has 2 aromatic carbocycles. The second kappa shape index (κ2) is 9.87. The van der Waals surface area contributed by atoms with Crippen molar-refractivity contribution in [2.24, 2.45) is 0 Å². The van der Waals surface area contributed by atoms with Crippen LogP contribution in [-0.4, -0.2) is 32.2 Å². The Morgan fingerprint density at radius 1 is 1.15 bits per heavy atom. The van der Waals surface area contributed by atoms with E-state index in [0.29, 0.717) is 31.2 Å². The van der Waals surface area contributed by atoms with E-state index in [2.05, 4.69) is 21.2 Å². The van der Waals surface area contributed by atoms with Crippen LogP contribution in [0, 0.1) is 0 Å². The fourth-order valence-electron chi connectivity index (χ4n) is 2.51. The first kappa shape index (κ1) is 20.6. The Labute approximate surface area is 166 Å². The number of hydrogen-bond donors (Lipinski definition) is 2. The van der Waals surface area contributed by atoms with Crippen molar-refractivity contribution in [3.63, 3.8) is 0 Å². The first-order valence-electron chi connectivity index (χ1n) is 7.90. The van der Waals surface area contributed by atoms with Gasteiger partial charge in [0.2, 0.25) is 6.79 Å². The number of rotatable bonds is 8. The number of benzene rings is 2. The lowest BCUT2D eigenvalue weighted by molar-refractivity contribution is 0.174. The van der Waals surface area contributed by atoms with Gasteiger partial charge in [0.05, 0.1) is 18.2 Å². The molecular weight excluding hydrogens is 426 g/mol. The summed E-state index contributed by atoms with van der Waals surface area (Å²) in [5.74, 6) is 2.78. The fourth-order valence-corrected chi connectivity index (χ4v) is 3.12. The van der Waals surface area contributed by atoms with Crippen LogP contribution >= 0.6 is 28.3 Å². The highest BCUT2D eigenvalue weighted by molar-refractivity contribution is 9.10. The van der Waals surface area contributed by atoms with Crippen LogP contribution in [0.3, 0.4) is 0 Å². The van der Waals surface area contributed by atoms with Gasteiger partial charge in [-0.15, -0.1) is 12.4 Å². The SMILES string of the molecule is COc1cc(CNCCO)cc(Br)c1OCc1ccc2c(c1)OCO2.Cl. The Hall–Kier alpha value is -1.67. The van der Waals surface area contributed by atoms with Crippen LogP contribution in [0.15, 0.2) is 34.8 Å². The monoisotopic (exact) mass is 445 g/mol. The van der Waals surface area contributed by atoms with Crippen LogP contribution in [0.5, 0.6) is 23.0 Å². The number of methoxy groups -OCH3 is 1. The highest BCUT2D eigenvalue weighted by Gasteiger charge is 2.15. The van der Waals surface area contributed by atoms with Crippen molar-refractivity contribution in [2.75, 3.05) is 27.1 Å². The maximum Gasteiger partial charge on any atom is 0.231 e. The van der Waals surface area contributed by atoms with Crippen molar-refractivity contribution in [3.8, 4) is 23.0 Å². The highest BCUT2D eigenvalue weighted by Crippen LogP contribution is 2.38. The van der Waals surface area contributed by atoms with Crippen LogP contribution in [0.2, 0.25) is 0 Å². The minimum absolute atomic E-state index is 0. The van der Waals surface area contributed by atoms with Gasteiger partial charge in [-0.25, -0.2) is 0 Å². The summed E-state index contributed by atoms with van der Waals surface area (Å²) in [5.41, 5.74) is 2.01. The standard InChI is InChI=1S/C18H20BrNO5.ClH/c1-22-17-8-13(9-20-4-5-21)6-14(19)18(17)23-10-12-2-3-15-16(7-12)25-11-24-15;/h2-3,6-8,20-21H,4-5,9-11H2,1H3;1H. The van der Waals surface area contributed by atoms with Crippen molar-refractivity contribution in [2.45, 2.75) is 13.2 Å². The molecule has 0 fully saturated rings. The van der Waals surface area contributed by atoms with Gasteiger partial charge in [0, 0.05) is 13.1 Å². The van der Waals surface area contributed by atoms with Gasteiger partial charge < -0.3 is 29.4 Å². The van der Waals surface area contributed by atoms with E-state index in [9.17, 15) is 0 Å². The highest BCUT2D eigenvalue weighted by atomic mass is 79.9. The summed E-state index contributed by atoms with van der Waals surface area (Å²) in [6, 6.07) is 9.63. The maximum absolute atomic E-state index is 8.85. The number of fused-ring (bicyclic) bond motifs is 1. The molecule has 0 unspecified atom stereocenters. The van der Waals surface area contributed by atoms with Crippen LogP contribution in [-0.2, 0) is 13.2 Å². The molecule has 1 heterocycles. The first-order valence-corrected chi connectivity index (χ1v) is 8.70. The minimum atomic E-state index is 0. The molecule has 0 saturated carbocycles. The van der Waals surface area contributed by atoms with E-state index in [4.69, 9.17) is 24.1 Å². The predicted molar refractivity (Wildman–Crippen MR) is 104 cm³/mol. The van der Waals surface area contributed by atoms with Crippen LogP contribution in [0.4, 0.5) is 0 Å². The molecule has 8 heteroatoms. The molecule has 0 aromatic heterocycles. The summed E-state index contributed by atoms with van der Waals surface area (Å²) in [4.78, 5) is 0. The zero-order chi connectivity index (χ0) is 17.6. The largest absolute Gasteiger partial charge is 0.493 e. The molecule has 6 nitrogen and oxygen atoms in total. The second-order valence-electron chi connectivity index (χ2n) is 5.49. The van der Waals surface area contributed by atoms with E-state index in [1.165, 1.54) is 0 Å². The van der Waals surface area contributed by atoms with Gasteiger partial charge in [-0.2, -0.15) is 0 Å². The minimum Gasteiger partial charge on any atom is -0.493 e. The average Bonchev–Trinajstić information content (AvgIpc) is 3.08. The van der Waals surface area contributed by atoms with Crippen LogP contribution < -0.4 is 24.3 Å². The molecule has 142 valence electrons. The zero-order valence-electron chi connectivity index (χ0n) is 14.3. The molecule has 0 amide bonds. The number of aliphatic hydroxyl groups is 1. The molecule has 26 heavy (non-hydrogen) atoms. The van der Waals surface area contributed by atoms with E-state index in [1.54, 1.807) is 7.11 Å². The Kier molecular flexibility index (Phi) is 7.84. The van der Waals surface area contributed by atoms with E-state index in [-0.39, 0.29) is 25.8 Å². The van der Waals surface area contributed by atoms with Crippen molar-refractivity contribution in [3.05, 3.63) is 45.9 Å². The quantitative estimate of drug-likeness (QED) is 0.607. The summed E-state index contributed by atoms with van der Waals surface area (Å²) in [6.07, 6.45) is 0. The van der Waals surface area contributed by atoms with Gasteiger partial charge in [-0.3, -0.25) is 0 Å². The zero-order valence-corrected chi connectivity index (χ0v) is 16.7. The van der Waals surface area contributed by atoms with Crippen molar-refractivity contribution in [1.29, 1.82) is 0 Å². The third-order valence-corrected chi connectivity index (χ3v) is 4.32. The Bertz CT molecular complexity index is 744. The summed E-state index contributed by atoms with van der Waals surface area (Å²) in [7, 11) is 1.61. The molecule has 0 bridgehead atoms.